The summed E-state index contributed by atoms with van der Waals surface area (Å²) in [7, 11) is 0. The summed E-state index contributed by atoms with van der Waals surface area (Å²) in [6.45, 7) is 9.47. The lowest BCUT2D eigenvalue weighted by Gasteiger charge is -2.27. The van der Waals surface area contributed by atoms with Gasteiger partial charge in [0.1, 0.15) is 5.76 Å². The van der Waals surface area contributed by atoms with E-state index >= 15 is 0 Å². The van der Waals surface area contributed by atoms with Crippen molar-refractivity contribution in [1.82, 2.24) is 9.80 Å². The van der Waals surface area contributed by atoms with Crippen LogP contribution in [0.2, 0.25) is 0 Å². The lowest BCUT2D eigenvalue weighted by molar-refractivity contribution is -0.384. The van der Waals surface area contributed by atoms with Crippen LogP contribution in [0.3, 0.4) is 0 Å². The van der Waals surface area contributed by atoms with Gasteiger partial charge >= 0.3 is 0 Å². The van der Waals surface area contributed by atoms with Crippen molar-refractivity contribution >= 4 is 23.1 Å². The van der Waals surface area contributed by atoms with Crippen LogP contribution >= 0.6 is 0 Å². The summed E-state index contributed by atoms with van der Waals surface area (Å²) in [5.41, 5.74) is 1.63. The Bertz CT molecular complexity index is 1130. The number of nitrogens with zero attached hydrogens (tertiary/aromatic N) is 3. The molecule has 1 amide bonds. The van der Waals surface area contributed by atoms with Gasteiger partial charge < -0.3 is 14.9 Å². The molecule has 8 nitrogen and oxygen atoms in total. The van der Waals surface area contributed by atoms with Gasteiger partial charge in [-0.05, 0) is 51.4 Å². The highest BCUT2D eigenvalue weighted by atomic mass is 16.6. The largest absolute Gasteiger partial charge is 0.507 e. The van der Waals surface area contributed by atoms with E-state index in [4.69, 9.17) is 0 Å². The molecule has 1 unspecified atom stereocenters. The van der Waals surface area contributed by atoms with E-state index in [1.807, 2.05) is 31.2 Å². The number of nitro benzene ring substituents is 1. The maximum atomic E-state index is 13.2. The van der Waals surface area contributed by atoms with Crippen LogP contribution in [0.4, 0.5) is 5.69 Å². The number of carbonyl (C=O) groups is 2. The molecule has 198 valence electrons. The van der Waals surface area contributed by atoms with E-state index in [0.717, 1.165) is 50.9 Å². The number of ketones is 1. The summed E-state index contributed by atoms with van der Waals surface area (Å²) in [4.78, 5) is 41.1. The summed E-state index contributed by atoms with van der Waals surface area (Å²) in [5.74, 6) is -1.84. The standard InChI is InChI=1S/C29H37N3O5/c1-4-6-16-30(17-7-5-2)18-9-19-31-26(22-14-12-21(3)13-15-22)25(28(34)29(31)35)27(33)23-10-8-11-24(20-23)32(36)37/h8,10-15,20,26,33H,4-7,9,16-19H2,1-3H3/b27-25-. The van der Waals surface area contributed by atoms with E-state index in [1.165, 1.54) is 29.2 Å². The number of hydrogen-bond acceptors (Lipinski definition) is 6. The van der Waals surface area contributed by atoms with Crippen LogP contribution in [0.15, 0.2) is 54.1 Å². The second-order valence-electron chi connectivity index (χ2n) is 9.61. The first-order chi connectivity index (χ1) is 17.8. The molecule has 1 saturated heterocycles. The number of aliphatic hydroxyl groups is 1. The summed E-state index contributed by atoms with van der Waals surface area (Å²) >= 11 is 0. The fourth-order valence-electron chi connectivity index (χ4n) is 4.69. The lowest BCUT2D eigenvalue weighted by Crippen LogP contribution is -2.34. The molecular formula is C29H37N3O5. The Morgan fingerprint density at radius 2 is 1.62 bits per heavy atom. The molecule has 2 aromatic carbocycles. The van der Waals surface area contributed by atoms with Gasteiger partial charge in [-0.25, -0.2) is 0 Å². The quantitative estimate of drug-likeness (QED) is 0.124. The van der Waals surface area contributed by atoms with Gasteiger partial charge in [0.05, 0.1) is 16.5 Å². The van der Waals surface area contributed by atoms with Gasteiger partial charge in [-0.3, -0.25) is 19.7 Å². The molecule has 0 spiro atoms. The highest BCUT2D eigenvalue weighted by Gasteiger charge is 2.45. The van der Waals surface area contributed by atoms with Crippen molar-refractivity contribution in [3.8, 4) is 0 Å². The first-order valence-electron chi connectivity index (χ1n) is 13.1. The van der Waals surface area contributed by atoms with Crippen molar-refractivity contribution in [3.63, 3.8) is 0 Å². The van der Waals surface area contributed by atoms with Crippen LogP contribution in [0.25, 0.3) is 5.76 Å². The first kappa shape index (κ1) is 28.1. The topological polar surface area (TPSA) is 104 Å². The molecule has 1 aliphatic heterocycles. The molecule has 0 radical (unpaired) electrons. The molecule has 3 rings (SSSR count). The van der Waals surface area contributed by atoms with E-state index in [2.05, 4.69) is 18.7 Å². The third-order valence-electron chi connectivity index (χ3n) is 6.79. The molecule has 0 aliphatic carbocycles. The molecule has 0 saturated carbocycles. The molecule has 1 N–H and O–H groups in total. The minimum atomic E-state index is -0.775. The second kappa shape index (κ2) is 13.1. The monoisotopic (exact) mass is 507 g/mol. The van der Waals surface area contributed by atoms with Gasteiger partial charge in [0.2, 0.25) is 0 Å². The Balaban J connectivity index is 1.95. The molecular weight excluding hydrogens is 470 g/mol. The van der Waals surface area contributed by atoms with Gasteiger partial charge in [-0.2, -0.15) is 0 Å². The highest BCUT2D eigenvalue weighted by molar-refractivity contribution is 6.46. The molecule has 8 heteroatoms. The van der Waals surface area contributed by atoms with Gasteiger partial charge in [0.25, 0.3) is 17.4 Å². The van der Waals surface area contributed by atoms with Crippen molar-refractivity contribution in [2.75, 3.05) is 26.2 Å². The number of Topliss-reactive ketones (excluding diaryl/α,β-unsaturated/α-hetero) is 1. The molecule has 0 bridgehead atoms. The van der Waals surface area contributed by atoms with Gasteiger partial charge in [-0.1, -0.05) is 68.7 Å². The fourth-order valence-corrected chi connectivity index (χ4v) is 4.69. The molecule has 1 heterocycles. The average molecular weight is 508 g/mol. The van der Waals surface area contributed by atoms with Gasteiger partial charge in [0, 0.05) is 24.2 Å². The molecule has 1 aliphatic rings. The van der Waals surface area contributed by atoms with Crippen molar-refractivity contribution in [2.45, 2.75) is 58.9 Å². The summed E-state index contributed by atoms with van der Waals surface area (Å²) in [5, 5.41) is 22.4. The number of aliphatic hydroxyl groups excluding tert-OH is 1. The van der Waals surface area contributed by atoms with Crippen molar-refractivity contribution in [3.05, 3.63) is 80.9 Å². The fraction of sp³-hybridized carbons (Fsp3) is 0.448. The number of amides is 1. The SMILES string of the molecule is CCCCN(CCCC)CCCN1C(=O)C(=O)/C(=C(\O)c2cccc([N+](=O)[O-])c2)C1c1ccc(C)cc1. The van der Waals surface area contributed by atoms with Crippen LogP contribution in [0.5, 0.6) is 0 Å². The van der Waals surface area contributed by atoms with Crippen molar-refractivity contribution in [1.29, 1.82) is 0 Å². The third-order valence-corrected chi connectivity index (χ3v) is 6.79. The number of rotatable bonds is 13. The smallest absolute Gasteiger partial charge is 0.295 e. The second-order valence-corrected chi connectivity index (χ2v) is 9.61. The Morgan fingerprint density at radius 1 is 1.00 bits per heavy atom. The maximum Gasteiger partial charge on any atom is 0.295 e. The van der Waals surface area contributed by atoms with Crippen molar-refractivity contribution in [2.24, 2.45) is 0 Å². The molecule has 1 atom stereocenters. The predicted molar refractivity (Wildman–Crippen MR) is 144 cm³/mol. The Morgan fingerprint density at radius 3 is 2.22 bits per heavy atom. The minimum Gasteiger partial charge on any atom is -0.507 e. The van der Waals surface area contributed by atoms with Crippen LogP contribution in [0, 0.1) is 17.0 Å². The number of aryl methyl sites for hydroxylation is 1. The number of nitro groups is 1. The predicted octanol–water partition coefficient (Wildman–Crippen LogP) is 5.62. The van der Waals surface area contributed by atoms with Crippen molar-refractivity contribution < 1.29 is 19.6 Å². The Kier molecular flexibility index (Phi) is 9.97. The zero-order valence-electron chi connectivity index (χ0n) is 22.0. The van der Waals surface area contributed by atoms with Gasteiger partial charge in [0.15, 0.2) is 0 Å². The van der Waals surface area contributed by atoms with E-state index in [-0.39, 0.29) is 16.8 Å². The summed E-state index contributed by atoms with van der Waals surface area (Å²) in [6.07, 6.45) is 5.14. The number of non-ortho nitro benzene ring substituents is 1. The number of hydrogen-bond donors (Lipinski definition) is 1. The van der Waals surface area contributed by atoms with E-state index < -0.39 is 28.4 Å². The van der Waals surface area contributed by atoms with E-state index in [1.54, 1.807) is 0 Å². The molecule has 0 aromatic heterocycles. The molecule has 2 aromatic rings. The zero-order valence-corrected chi connectivity index (χ0v) is 22.0. The zero-order chi connectivity index (χ0) is 26.9. The summed E-state index contributed by atoms with van der Waals surface area (Å²) < 4.78 is 0. The van der Waals surface area contributed by atoms with E-state index in [0.29, 0.717) is 18.5 Å². The lowest BCUT2D eigenvalue weighted by atomic mass is 9.94. The minimum absolute atomic E-state index is 0.0387. The number of carbonyl (C=O) groups excluding carboxylic acids is 2. The number of likely N-dealkylation sites (tertiary alicyclic amines) is 1. The maximum absolute atomic E-state index is 13.2. The Hall–Kier alpha value is -3.52. The average Bonchev–Trinajstić information content (AvgIpc) is 3.15. The highest BCUT2D eigenvalue weighted by Crippen LogP contribution is 2.39. The number of benzene rings is 2. The number of unbranched alkanes of at least 4 members (excludes halogenated alkanes) is 2. The summed E-state index contributed by atoms with van der Waals surface area (Å²) in [6, 6.07) is 12.2. The molecule has 37 heavy (non-hydrogen) atoms. The normalized spacial score (nSPS) is 17.1. The van der Waals surface area contributed by atoms with Crippen LogP contribution < -0.4 is 0 Å². The van der Waals surface area contributed by atoms with Crippen LogP contribution in [-0.2, 0) is 9.59 Å². The van der Waals surface area contributed by atoms with Crippen LogP contribution in [0.1, 0.15) is 68.7 Å². The van der Waals surface area contributed by atoms with Crippen LogP contribution in [-0.4, -0.2) is 57.7 Å². The van der Waals surface area contributed by atoms with Gasteiger partial charge in [-0.15, -0.1) is 0 Å². The third kappa shape index (κ3) is 6.83. The Labute approximate surface area is 218 Å². The molecule has 1 fully saturated rings. The van der Waals surface area contributed by atoms with E-state index in [9.17, 15) is 24.8 Å². The first-order valence-corrected chi connectivity index (χ1v) is 13.1.